The fourth-order valence-corrected chi connectivity index (χ4v) is 2.35. The Bertz CT molecular complexity index is 947. The van der Waals surface area contributed by atoms with Gasteiger partial charge in [-0.3, -0.25) is 4.40 Å². The summed E-state index contributed by atoms with van der Waals surface area (Å²) in [5.41, 5.74) is 2.02. The number of aryl methyl sites for hydroxylation is 1. The molecule has 2 aromatic heterocycles. The van der Waals surface area contributed by atoms with Crippen molar-refractivity contribution < 1.29 is 14.6 Å². The van der Waals surface area contributed by atoms with Gasteiger partial charge in [-0.2, -0.15) is 0 Å². The topological polar surface area (TPSA) is 88.5 Å². The first-order valence-electron chi connectivity index (χ1n) is 7.95. The largest absolute Gasteiger partial charge is 0.504 e. The highest BCUT2D eigenvalue weighted by Gasteiger charge is 2.11. The van der Waals surface area contributed by atoms with Crippen LogP contribution in [0.4, 0.5) is 11.5 Å². The summed E-state index contributed by atoms with van der Waals surface area (Å²) in [5, 5.41) is 18.3. The summed E-state index contributed by atoms with van der Waals surface area (Å²) in [6.45, 7) is 4.11. The summed E-state index contributed by atoms with van der Waals surface area (Å²) in [5.74, 6) is 0.215. The van der Waals surface area contributed by atoms with E-state index >= 15 is 0 Å². The van der Waals surface area contributed by atoms with Crippen molar-refractivity contribution in [1.29, 1.82) is 0 Å². The Kier molecular flexibility index (Phi) is 4.74. The molecule has 0 fully saturated rings. The molecule has 0 amide bonds. The zero-order valence-corrected chi connectivity index (χ0v) is 14.0. The van der Waals surface area contributed by atoms with Crippen LogP contribution in [0.25, 0.3) is 5.65 Å². The zero-order chi connectivity index (χ0) is 17.8. The van der Waals surface area contributed by atoms with Gasteiger partial charge in [0.15, 0.2) is 17.2 Å². The standard InChI is InChI=1S/C18H18N4O3/c1-3-10-25-18(24)13-6-4-7-14(11-13)20-21-16-12(2)19-17-15(23)8-5-9-22(16)17/h4-9,11,23H,3,10H2,1-2H3. The minimum absolute atomic E-state index is 0.0766. The highest BCUT2D eigenvalue weighted by atomic mass is 16.5. The van der Waals surface area contributed by atoms with Gasteiger partial charge in [-0.25, -0.2) is 9.78 Å². The average Bonchev–Trinajstić information content (AvgIpc) is 2.95. The van der Waals surface area contributed by atoms with Crippen LogP contribution in [0.15, 0.2) is 52.8 Å². The first kappa shape index (κ1) is 16.6. The minimum atomic E-state index is -0.380. The summed E-state index contributed by atoms with van der Waals surface area (Å²) in [7, 11) is 0. The molecule has 128 valence electrons. The van der Waals surface area contributed by atoms with Crippen LogP contribution in [0.1, 0.15) is 29.4 Å². The number of carbonyl (C=O) groups is 1. The summed E-state index contributed by atoms with van der Waals surface area (Å²) >= 11 is 0. The predicted octanol–water partition coefficient (Wildman–Crippen LogP) is 4.33. The van der Waals surface area contributed by atoms with Crippen LogP contribution < -0.4 is 0 Å². The minimum Gasteiger partial charge on any atom is -0.504 e. The smallest absolute Gasteiger partial charge is 0.338 e. The first-order chi connectivity index (χ1) is 12.1. The summed E-state index contributed by atoms with van der Waals surface area (Å²) in [6, 6.07) is 10.0. The fraction of sp³-hybridized carbons (Fsp3) is 0.222. The lowest BCUT2D eigenvalue weighted by Crippen LogP contribution is -2.05. The molecule has 0 unspecified atom stereocenters. The number of aromatic nitrogens is 2. The maximum absolute atomic E-state index is 11.9. The third-order valence-corrected chi connectivity index (χ3v) is 3.55. The van der Waals surface area contributed by atoms with E-state index < -0.39 is 0 Å². The molecule has 7 heteroatoms. The molecule has 3 rings (SSSR count). The van der Waals surface area contributed by atoms with Crippen LogP contribution in [-0.2, 0) is 4.74 Å². The number of carbonyl (C=O) groups excluding carboxylic acids is 1. The van der Waals surface area contributed by atoms with E-state index in [0.717, 1.165) is 6.42 Å². The Labute approximate surface area is 144 Å². The van der Waals surface area contributed by atoms with Crippen molar-refractivity contribution in [2.45, 2.75) is 20.3 Å². The van der Waals surface area contributed by atoms with Crippen molar-refractivity contribution in [2.75, 3.05) is 6.61 Å². The van der Waals surface area contributed by atoms with Crippen LogP contribution in [0.3, 0.4) is 0 Å². The summed E-state index contributed by atoms with van der Waals surface area (Å²) in [4.78, 5) is 16.2. The number of esters is 1. The third kappa shape index (κ3) is 3.50. The monoisotopic (exact) mass is 338 g/mol. The van der Waals surface area contributed by atoms with E-state index in [9.17, 15) is 9.90 Å². The number of hydrogen-bond acceptors (Lipinski definition) is 6. The normalized spacial score (nSPS) is 11.3. The van der Waals surface area contributed by atoms with Crippen LogP contribution in [0.2, 0.25) is 0 Å². The van der Waals surface area contributed by atoms with E-state index in [4.69, 9.17) is 4.74 Å². The molecule has 0 saturated carbocycles. The van der Waals surface area contributed by atoms with Gasteiger partial charge >= 0.3 is 5.97 Å². The van der Waals surface area contributed by atoms with Crippen molar-refractivity contribution in [1.82, 2.24) is 9.38 Å². The molecule has 2 heterocycles. The van der Waals surface area contributed by atoms with E-state index in [2.05, 4.69) is 15.2 Å². The summed E-state index contributed by atoms with van der Waals surface area (Å²) in [6.07, 6.45) is 2.52. The van der Waals surface area contributed by atoms with E-state index in [0.29, 0.717) is 35.0 Å². The fourth-order valence-electron chi connectivity index (χ4n) is 2.35. The Morgan fingerprint density at radius 1 is 1.28 bits per heavy atom. The molecule has 1 aromatic carbocycles. The SMILES string of the molecule is CCCOC(=O)c1cccc(N=Nc2c(C)nc3c(O)cccn23)c1. The first-order valence-corrected chi connectivity index (χ1v) is 7.95. The van der Waals surface area contributed by atoms with Crippen LogP contribution in [0.5, 0.6) is 5.75 Å². The molecule has 0 aliphatic carbocycles. The highest BCUT2D eigenvalue weighted by Crippen LogP contribution is 2.27. The molecule has 7 nitrogen and oxygen atoms in total. The van der Waals surface area contributed by atoms with E-state index in [1.54, 1.807) is 53.9 Å². The van der Waals surface area contributed by atoms with Gasteiger partial charge in [0.25, 0.3) is 0 Å². The second-order valence-electron chi connectivity index (χ2n) is 5.49. The average molecular weight is 338 g/mol. The van der Waals surface area contributed by atoms with Gasteiger partial charge in [0.1, 0.15) is 0 Å². The second-order valence-corrected chi connectivity index (χ2v) is 5.49. The van der Waals surface area contributed by atoms with Gasteiger partial charge in [-0.05, 0) is 43.7 Å². The molecular formula is C18H18N4O3. The Balaban J connectivity index is 1.89. The molecule has 1 N–H and O–H groups in total. The van der Waals surface area contributed by atoms with Crippen molar-refractivity contribution in [3.05, 3.63) is 53.9 Å². The number of fused-ring (bicyclic) bond motifs is 1. The highest BCUT2D eigenvalue weighted by molar-refractivity contribution is 5.90. The number of ether oxygens (including phenoxy) is 1. The van der Waals surface area contributed by atoms with Gasteiger partial charge in [0.05, 0.1) is 23.6 Å². The molecule has 0 aliphatic rings. The molecule has 0 bridgehead atoms. The lowest BCUT2D eigenvalue weighted by molar-refractivity contribution is 0.0505. The molecule has 0 radical (unpaired) electrons. The number of pyridine rings is 1. The number of aromatic hydroxyl groups is 1. The molecule has 0 aliphatic heterocycles. The Hall–Kier alpha value is -3.22. The Morgan fingerprint density at radius 2 is 2.12 bits per heavy atom. The number of imidazole rings is 1. The molecular weight excluding hydrogens is 320 g/mol. The lowest BCUT2D eigenvalue weighted by atomic mass is 10.2. The molecule has 3 aromatic rings. The maximum Gasteiger partial charge on any atom is 0.338 e. The number of benzene rings is 1. The van der Waals surface area contributed by atoms with Crippen LogP contribution in [0, 0.1) is 6.92 Å². The van der Waals surface area contributed by atoms with Crippen molar-refractivity contribution >= 4 is 23.1 Å². The van der Waals surface area contributed by atoms with E-state index in [1.807, 2.05) is 6.92 Å². The van der Waals surface area contributed by atoms with Gasteiger partial charge in [-0.15, -0.1) is 10.2 Å². The number of hydrogen-bond donors (Lipinski definition) is 1. The molecule has 0 spiro atoms. The van der Waals surface area contributed by atoms with E-state index in [1.165, 1.54) is 0 Å². The predicted molar refractivity (Wildman–Crippen MR) is 92.8 cm³/mol. The van der Waals surface area contributed by atoms with Crippen LogP contribution in [-0.4, -0.2) is 27.1 Å². The van der Waals surface area contributed by atoms with Gasteiger partial charge < -0.3 is 9.84 Å². The van der Waals surface area contributed by atoms with Gasteiger partial charge in [0, 0.05) is 6.20 Å². The summed E-state index contributed by atoms with van der Waals surface area (Å²) < 4.78 is 6.78. The molecule has 25 heavy (non-hydrogen) atoms. The number of azo groups is 1. The Morgan fingerprint density at radius 3 is 2.92 bits per heavy atom. The lowest BCUT2D eigenvalue weighted by Gasteiger charge is -2.03. The van der Waals surface area contributed by atoms with Gasteiger partial charge in [0.2, 0.25) is 0 Å². The number of nitrogens with zero attached hydrogens (tertiary/aromatic N) is 4. The second kappa shape index (κ2) is 7.12. The van der Waals surface area contributed by atoms with Crippen LogP contribution >= 0.6 is 0 Å². The van der Waals surface area contributed by atoms with Crippen molar-refractivity contribution in [3.63, 3.8) is 0 Å². The maximum atomic E-state index is 11.9. The quantitative estimate of drug-likeness (QED) is 0.554. The van der Waals surface area contributed by atoms with Crippen molar-refractivity contribution in [3.8, 4) is 5.75 Å². The third-order valence-electron chi connectivity index (χ3n) is 3.55. The molecule has 0 atom stereocenters. The van der Waals surface area contributed by atoms with E-state index in [-0.39, 0.29) is 11.7 Å². The van der Waals surface area contributed by atoms with Gasteiger partial charge in [-0.1, -0.05) is 13.0 Å². The molecule has 0 saturated heterocycles. The van der Waals surface area contributed by atoms with Crippen molar-refractivity contribution in [2.24, 2.45) is 10.2 Å². The number of rotatable bonds is 5. The zero-order valence-electron chi connectivity index (χ0n) is 14.0.